The molecule has 1 aromatic heterocycles. The highest BCUT2D eigenvalue weighted by atomic mass is 19.4. The van der Waals surface area contributed by atoms with E-state index in [1.807, 2.05) is 0 Å². The Bertz CT molecular complexity index is 284. The zero-order chi connectivity index (χ0) is 10.6. The van der Waals surface area contributed by atoms with E-state index < -0.39 is 13.0 Å². The van der Waals surface area contributed by atoms with E-state index in [-0.39, 0.29) is 6.54 Å². The Balaban J connectivity index is 2.31. The minimum atomic E-state index is -4.58. The maximum absolute atomic E-state index is 11.6. The Morgan fingerprint density at radius 1 is 1.50 bits per heavy atom. The topological polar surface area (TPSA) is 53.1 Å². The monoisotopic (exact) mass is 209 g/mol. The van der Waals surface area contributed by atoms with Gasteiger partial charge in [-0.25, -0.2) is 0 Å². The Morgan fingerprint density at radius 3 is 2.71 bits per heavy atom. The van der Waals surface area contributed by atoms with E-state index in [0.29, 0.717) is 6.54 Å². The molecule has 4 nitrogen and oxygen atoms in total. The fourth-order valence-electron chi connectivity index (χ4n) is 0.889. The van der Waals surface area contributed by atoms with Crippen molar-refractivity contribution in [2.24, 2.45) is 5.73 Å². The van der Waals surface area contributed by atoms with E-state index in [9.17, 15) is 13.2 Å². The van der Waals surface area contributed by atoms with Crippen molar-refractivity contribution in [3.8, 4) is 0 Å². The third-order valence-electron chi connectivity index (χ3n) is 1.51. The molecule has 0 fully saturated rings. The second kappa shape index (κ2) is 4.43. The van der Waals surface area contributed by atoms with Crippen molar-refractivity contribution in [2.75, 3.05) is 6.61 Å². The zero-order valence-corrected chi connectivity index (χ0v) is 7.29. The van der Waals surface area contributed by atoms with Crippen LogP contribution in [0.5, 0.6) is 0 Å². The van der Waals surface area contributed by atoms with Crippen molar-refractivity contribution in [1.82, 2.24) is 9.78 Å². The molecule has 14 heavy (non-hydrogen) atoms. The SMILES string of the molecule is NCc1cnn(CCOC(F)(F)F)c1. The van der Waals surface area contributed by atoms with Gasteiger partial charge in [0.2, 0.25) is 0 Å². The van der Waals surface area contributed by atoms with Crippen LogP contribution in [0.1, 0.15) is 5.56 Å². The van der Waals surface area contributed by atoms with Crippen LogP contribution in [0.4, 0.5) is 13.2 Å². The Labute approximate surface area is 78.4 Å². The van der Waals surface area contributed by atoms with Crippen LogP contribution >= 0.6 is 0 Å². The molecule has 1 heterocycles. The number of aromatic nitrogens is 2. The number of hydrogen-bond donors (Lipinski definition) is 1. The van der Waals surface area contributed by atoms with E-state index in [1.165, 1.54) is 10.9 Å². The van der Waals surface area contributed by atoms with Crippen LogP contribution in [0, 0.1) is 0 Å². The molecule has 0 aliphatic heterocycles. The molecule has 0 atom stereocenters. The number of ether oxygens (including phenoxy) is 1. The quantitative estimate of drug-likeness (QED) is 0.800. The molecule has 1 rings (SSSR count). The molecule has 0 aliphatic rings. The van der Waals surface area contributed by atoms with Crippen molar-refractivity contribution in [2.45, 2.75) is 19.5 Å². The van der Waals surface area contributed by atoms with Crippen molar-refractivity contribution in [3.05, 3.63) is 18.0 Å². The summed E-state index contributed by atoms with van der Waals surface area (Å²) in [6.45, 7) is -0.0746. The van der Waals surface area contributed by atoms with Crippen molar-refractivity contribution in [1.29, 1.82) is 0 Å². The van der Waals surface area contributed by atoms with Crippen molar-refractivity contribution < 1.29 is 17.9 Å². The van der Waals surface area contributed by atoms with E-state index in [2.05, 4.69) is 9.84 Å². The minimum Gasteiger partial charge on any atom is -0.326 e. The Hall–Kier alpha value is -1.08. The molecule has 0 spiro atoms. The summed E-state index contributed by atoms with van der Waals surface area (Å²) in [5, 5.41) is 3.80. The number of halogens is 3. The molecule has 0 unspecified atom stereocenters. The van der Waals surface area contributed by atoms with Gasteiger partial charge < -0.3 is 5.73 Å². The number of hydrogen-bond acceptors (Lipinski definition) is 3. The van der Waals surface area contributed by atoms with E-state index >= 15 is 0 Å². The lowest BCUT2D eigenvalue weighted by Gasteiger charge is -2.06. The van der Waals surface area contributed by atoms with Gasteiger partial charge in [-0.05, 0) is 0 Å². The second-order valence-electron chi connectivity index (χ2n) is 2.61. The van der Waals surface area contributed by atoms with Gasteiger partial charge in [0.15, 0.2) is 0 Å². The summed E-state index contributed by atoms with van der Waals surface area (Å²) in [6.07, 6.45) is -1.49. The lowest BCUT2D eigenvalue weighted by molar-refractivity contribution is -0.325. The fourth-order valence-corrected chi connectivity index (χ4v) is 0.889. The molecular weight excluding hydrogens is 199 g/mol. The molecule has 80 valence electrons. The maximum atomic E-state index is 11.6. The molecule has 0 saturated carbocycles. The van der Waals surface area contributed by atoms with Crippen LogP contribution < -0.4 is 5.73 Å². The smallest absolute Gasteiger partial charge is 0.326 e. The molecule has 0 amide bonds. The van der Waals surface area contributed by atoms with Crippen LogP contribution in [-0.4, -0.2) is 22.7 Å². The van der Waals surface area contributed by atoms with Crippen LogP contribution in [-0.2, 0) is 17.8 Å². The Morgan fingerprint density at radius 2 is 2.21 bits per heavy atom. The highest BCUT2D eigenvalue weighted by Crippen LogP contribution is 2.15. The first kappa shape index (κ1) is 11.0. The molecule has 0 aliphatic carbocycles. The largest absolute Gasteiger partial charge is 0.522 e. The van der Waals surface area contributed by atoms with Gasteiger partial charge in [-0.1, -0.05) is 0 Å². The van der Waals surface area contributed by atoms with Gasteiger partial charge in [0.05, 0.1) is 19.3 Å². The van der Waals surface area contributed by atoms with Gasteiger partial charge >= 0.3 is 6.36 Å². The van der Waals surface area contributed by atoms with Crippen LogP contribution in [0.2, 0.25) is 0 Å². The lowest BCUT2D eigenvalue weighted by atomic mass is 10.4. The molecule has 7 heteroatoms. The number of nitrogens with zero attached hydrogens (tertiary/aromatic N) is 2. The summed E-state index contributed by atoms with van der Waals surface area (Å²) in [5.41, 5.74) is 6.07. The number of rotatable bonds is 4. The number of alkyl halides is 3. The molecule has 1 aromatic rings. The Kier molecular flexibility index (Phi) is 3.48. The summed E-state index contributed by atoms with van der Waals surface area (Å²) < 4.78 is 39.6. The standard InChI is InChI=1S/C7H10F3N3O/c8-7(9,10)14-2-1-13-5-6(3-11)4-12-13/h4-5H,1-3,11H2. The highest BCUT2D eigenvalue weighted by Gasteiger charge is 2.28. The lowest BCUT2D eigenvalue weighted by Crippen LogP contribution is -2.17. The second-order valence-corrected chi connectivity index (χ2v) is 2.61. The summed E-state index contributed by atoms with van der Waals surface area (Å²) in [6, 6.07) is 0. The van der Waals surface area contributed by atoms with Crippen molar-refractivity contribution in [3.63, 3.8) is 0 Å². The first-order valence-corrected chi connectivity index (χ1v) is 3.93. The molecule has 0 radical (unpaired) electrons. The van der Waals surface area contributed by atoms with Gasteiger partial charge in [0.1, 0.15) is 0 Å². The first-order valence-electron chi connectivity index (χ1n) is 3.93. The van der Waals surface area contributed by atoms with E-state index in [0.717, 1.165) is 5.56 Å². The van der Waals surface area contributed by atoms with Gasteiger partial charge in [0.25, 0.3) is 0 Å². The summed E-state index contributed by atoms with van der Waals surface area (Å²) >= 11 is 0. The summed E-state index contributed by atoms with van der Waals surface area (Å²) in [5.74, 6) is 0. The average molecular weight is 209 g/mol. The molecule has 0 bridgehead atoms. The summed E-state index contributed by atoms with van der Waals surface area (Å²) in [4.78, 5) is 0. The zero-order valence-electron chi connectivity index (χ0n) is 7.29. The summed E-state index contributed by atoms with van der Waals surface area (Å²) in [7, 11) is 0. The fraction of sp³-hybridized carbons (Fsp3) is 0.571. The average Bonchev–Trinajstić information content (AvgIpc) is 2.50. The molecule has 0 saturated heterocycles. The van der Waals surface area contributed by atoms with Crippen LogP contribution in [0.3, 0.4) is 0 Å². The van der Waals surface area contributed by atoms with Gasteiger partial charge in [-0.2, -0.15) is 5.10 Å². The predicted octanol–water partition coefficient (Wildman–Crippen LogP) is 0.878. The molecule has 0 aromatic carbocycles. The van der Waals surface area contributed by atoms with Crippen molar-refractivity contribution >= 4 is 0 Å². The third-order valence-corrected chi connectivity index (χ3v) is 1.51. The van der Waals surface area contributed by atoms with Crippen LogP contribution in [0.15, 0.2) is 12.4 Å². The van der Waals surface area contributed by atoms with Gasteiger partial charge in [-0.15, -0.1) is 13.2 Å². The van der Waals surface area contributed by atoms with E-state index in [1.54, 1.807) is 6.20 Å². The molecular formula is C7H10F3N3O. The highest BCUT2D eigenvalue weighted by molar-refractivity contribution is 5.02. The van der Waals surface area contributed by atoms with Gasteiger partial charge in [0, 0.05) is 18.3 Å². The van der Waals surface area contributed by atoms with E-state index in [4.69, 9.17) is 5.73 Å². The first-order chi connectivity index (χ1) is 6.51. The number of nitrogens with two attached hydrogens (primary N) is 1. The minimum absolute atomic E-state index is 0.0551. The predicted molar refractivity (Wildman–Crippen MR) is 42.1 cm³/mol. The molecule has 2 N–H and O–H groups in total. The van der Waals surface area contributed by atoms with Crippen LogP contribution in [0.25, 0.3) is 0 Å². The third kappa shape index (κ3) is 3.75. The normalized spacial score (nSPS) is 12.0. The van der Waals surface area contributed by atoms with Gasteiger partial charge in [-0.3, -0.25) is 9.42 Å². The maximum Gasteiger partial charge on any atom is 0.522 e.